The monoisotopic (exact) mass is 316 g/mol. The Morgan fingerprint density at radius 1 is 1.43 bits per heavy atom. The predicted octanol–water partition coefficient (Wildman–Crippen LogP) is 2.79. The van der Waals surface area contributed by atoms with Crippen LogP contribution in [-0.4, -0.2) is 17.8 Å². The van der Waals surface area contributed by atoms with Gasteiger partial charge in [-0.05, 0) is 30.7 Å². The lowest BCUT2D eigenvalue weighted by atomic mass is 9.64. The Balaban J connectivity index is 1.97. The maximum absolute atomic E-state index is 12.9. The van der Waals surface area contributed by atoms with Gasteiger partial charge < -0.3 is 9.30 Å². The van der Waals surface area contributed by atoms with Crippen molar-refractivity contribution in [1.29, 1.82) is 5.26 Å². The molecule has 0 amide bonds. The van der Waals surface area contributed by atoms with Gasteiger partial charge in [0.05, 0.1) is 23.7 Å². The number of thioether (sulfide) groups is 1. The van der Waals surface area contributed by atoms with Crippen LogP contribution in [0.1, 0.15) is 24.4 Å². The molecule has 1 aromatic heterocycles. The molecule has 8 heteroatoms. The van der Waals surface area contributed by atoms with E-state index < -0.39 is 17.3 Å². The number of aromatic nitrogens is 1. The van der Waals surface area contributed by atoms with E-state index in [9.17, 15) is 18.0 Å². The van der Waals surface area contributed by atoms with Crippen molar-refractivity contribution in [2.24, 2.45) is 5.41 Å². The molecule has 1 saturated carbocycles. The quantitative estimate of drug-likeness (QED) is 0.622. The number of nitriles is 1. The highest BCUT2D eigenvalue weighted by Gasteiger charge is 2.51. The number of hydrogen-bond donors (Lipinski definition) is 0. The zero-order chi connectivity index (χ0) is 15.3. The molecule has 1 aromatic rings. The van der Waals surface area contributed by atoms with Gasteiger partial charge in [-0.25, -0.2) is 0 Å². The number of ether oxygens (including phenoxy) is 1. The first kappa shape index (κ1) is 14.5. The Morgan fingerprint density at radius 3 is 2.57 bits per heavy atom. The van der Waals surface area contributed by atoms with Crippen LogP contribution in [0.5, 0.6) is 0 Å². The lowest BCUT2D eigenvalue weighted by Crippen LogP contribution is -2.53. The standard InChI is InChI=1S/C13H11F3N2O2S/c14-13(15,16)8-1-10(21-7-17)11(19)18(4-8)9-2-12(3-9)5-20-6-12/h1,4,9H,2-3,5-6H2. The maximum atomic E-state index is 12.9. The molecule has 0 aromatic carbocycles. The molecule has 1 aliphatic heterocycles. The summed E-state index contributed by atoms with van der Waals surface area (Å²) >= 11 is 0.465. The van der Waals surface area contributed by atoms with Gasteiger partial charge in [-0.3, -0.25) is 4.79 Å². The van der Waals surface area contributed by atoms with E-state index in [0.717, 1.165) is 16.8 Å². The average molecular weight is 316 g/mol. The zero-order valence-corrected chi connectivity index (χ0v) is 11.6. The van der Waals surface area contributed by atoms with Crippen molar-refractivity contribution in [3.05, 3.63) is 28.2 Å². The molecule has 4 nitrogen and oxygen atoms in total. The molecule has 1 saturated heterocycles. The summed E-state index contributed by atoms with van der Waals surface area (Å²) in [6, 6.07) is 0.495. The fourth-order valence-corrected chi connectivity index (χ4v) is 3.36. The summed E-state index contributed by atoms with van der Waals surface area (Å²) in [4.78, 5) is 12.0. The van der Waals surface area contributed by atoms with Gasteiger partial charge in [-0.2, -0.15) is 18.4 Å². The summed E-state index contributed by atoms with van der Waals surface area (Å²) in [6.45, 7) is 1.22. The molecule has 0 atom stereocenters. The van der Waals surface area contributed by atoms with Crippen molar-refractivity contribution < 1.29 is 17.9 Å². The first-order valence-electron chi connectivity index (χ1n) is 6.32. The molecule has 1 aliphatic carbocycles. The van der Waals surface area contributed by atoms with Gasteiger partial charge in [0.2, 0.25) is 0 Å². The number of hydrogen-bond acceptors (Lipinski definition) is 4. The van der Waals surface area contributed by atoms with E-state index in [1.165, 1.54) is 0 Å². The Morgan fingerprint density at radius 2 is 2.10 bits per heavy atom. The Kier molecular flexibility index (Phi) is 3.30. The van der Waals surface area contributed by atoms with Gasteiger partial charge in [0.15, 0.2) is 0 Å². The van der Waals surface area contributed by atoms with Crippen LogP contribution in [0.15, 0.2) is 22.0 Å². The minimum atomic E-state index is -4.54. The normalized spacial score (nSPS) is 20.7. The molecule has 0 bridgehead atoms. The number of halogens is 3. The van der Waals surface area contributed by atoms with Crippen molar-refractivity contribution in [3.63, 3.8) is 0 Å². The molecule has 3 rings (SSSR count). The third kappa shape index (κ3) is 2.45. The van der Waals surface area contributed by atoms with Gasteiger partial charge in [0.1, 0.15) is 5.40 Å². The van der Waals surface area contributed by atoms with E-state index in [2.05, 4.69) is 0 Å². The maximum Gasteiger partial charge on any atom is 0.417 e. The van der Waals surface area contributed by atoms with Gasteiger partial charge in [0.25, 0.3) is 5.56 Å². The van der Waals surface area contributed by atoms with Gasteiger partial charge in [0, 0.05) is 17.7 Å². The van der Waals surface area contributed by atoms with Crippen LogP contribution in [-0.2, 0) is 10.9 Å². The van der Waals surface area contributed by atoms with Gasteiger partial charge in [-0.1, -0.05) is 0 Å². The first-order valence-corrected chi connectivity index (χ1v) is 7.13. The van der Waals surface area contributed by atoms with Crippen LogP contribution >= 0.6 is 11.8 Å². The number of alkyl halides is 3. The SMILES string of the molecule is N#CSc1cc(C(F)(F)F)cn(C2CC3(COC3)C2)c1=O. The fourth-order valence-electron chi connectivity index (χ4n) is 2.89. The number of pyridine rings is 1. The molecule has 112 valence electrons. The van der Waals surface area contributed by atoms with Crippen LogP contribution in [0.25, 0.3) is 0 Å². The molecule has 2 heterocycles. The van der Waals surface area contributed by atoms with E-state index in [1.807, 2.05) is 0 Å². The zero-order valence-electron chi connectivity index (χ0n) is 10.8. The largest absolute Gasteiger partial charge is 0.417 e. The molecule has 0 N–H and O–H groups in total. The van der Waals surface area contributed by atoms with Gasteiger partial charge >= 0.3 is 6.18 Å². The summed E-state index contributed by atoms with van der Waals surface area (Å²) in [6.07, 6.45) is -2.39. The number of thiocyanates is 1. The van der Waals surface area contributed by atoms with Crippen LogP contribution < -0.4 is 5.56 Å². The van der Waals surface area contributed by atoms with Crippen molar-refractivity contribution in [2.45, 2.75) is 30.0 Å². The van der Waals surface area contributed by atoms with E-state index in [4.69, 9.17) is 10.00 Å². The summed E-state index contributed by atoms with van der Waals surface area (Å²) < 4.78 is 45.0. The fraction of sp³-hybridized carbons (Fsp3) is 0.538. The van der Waals surface area contributed by atoms with Crippen molar-refractivity contribution >= 4 is 11.8 Å². The number of nitrogens with zero attached hydrogens (tertiary/aromatic N) is 2. The summed E-state index contributed by atoms with van der Waals surface area (Å²) in [5, 5.41) is 10.3. The minimum absolute atomic E-state index is 0.0425. The average Bonchev–Trinajstić information content (AvgIpc) is 2.28. The summed E-state index contributed by atoms with van der Waals surface area (Å²) in [5.74, 6) is 0. The summed E-state index contributed by atoms with van der Waals surface area (Å²) in [7, 11) is 0. The molecule has 0 radical (unpaired) electrons. The topological polar surface area (TPSA) is 55.0 Å². The lowest BCUT2D eigenvalue weighted by Gasteiger charge is -2.53. The van der Waals surface area contributed by atoms with Crippen LogP contribution in [0.2, 0.25) is 0 Å². The minimum Gasteiger partial charge on any atom is -0.380 e. The third-order valence-corrected chi connectivity index (χ3v) is 4.64. The predicted molar refractivity (Wildman–Crippen MR) is 68.7 cm³/mol. The van der Waals surface area contributed by atoms with E-state index in [1.54, 1.807) is 5.40 Å². The molecular weight excluding hydrogens is 305 g/mol. The highest BCUT2D eigenvalue weighted by molar-refractivity contribution is 8.03. The Bertz CT molecular complexity index is 665. The lowest BCUT2D eigenvalue weighted by molar-refractivity contribution is -0.175. The molecule has 2 fully saturated rings. The van der Waals surface area contributed by atoms with Crippen LogP contribution in [0.4, 0.5) is 13.2 Å². The third-order valence-electron chi connectivity index (χ3n) is 4.04. The first-order chi connectivity index (χ1) is 9.85. The van der Waals surface area contributed by atoms with Crippen molar-refractivity contribution in [2.75, 3.05) is 13.2 Å². The smallest absolute Gasteiger partial charge is 0.380 e. The second-order valence-electron chi connectivity index (χ2n) is 5.55. The molecular formula is C13H11F3N2O2S. The second-order valence-corrected chi connectivity index (χ2v) is 6.38. The van der Waals surface area contributed by atoms with Crippen LogP contribution in [0, 0.1) is 16.1 Å². The highest BCUT2D eigenvalue weighted by Crippen LogP contribution is 2.52. The van der Waals surface area contributed by atoms with Crippen LogP contribution in [0.3, 0.4) is 0 Å². The molecule has 2 aliphatic rings. The molecule has 1 spiro atoms. The van der Waals surface area contributed by atoms with Crippen molar-refractivity contribution in [3.8, 4) is 5.40 Å². The second kappa shape index (κ2) is 4.78. The van der Waals surface area contributed by atoms with E-state index in [0.29, 0.717) is 37.8 Å². The van der Waals surface area contributed by atoms with Crippen molar-refractivity contribution in [1.82, 2.24) is 4.57 Å². The highest BCUT2D eigenvalue weighted by atomic mass is 32.2. The molecule has 0 unspecified atom stereocenters. The van der Waals surface area contributed by atoms with Gasteiger partial charge in [-0.15, -0.1) is 0 Å². The van der Waals surface area contributed by atoms with E-state index in [-0.39, 0.29) is 16.4 Å². The molecule has 21 heavy (non-hydrogen) atoms. The summed E-state index contributed by atoms with van der Waals surface area (Å²) in [5.41, 5.74) is -1.39. The van der Waals surface area contributed by atoms with E-state index >= 15 is 0 Å². The Labute approximate surface area is 122 Å². The number of rotatable bonds is 2. The Hall–Kier alpha value is -1.46.